The van der Waals surface area contributed by atoms with Crippen molar-refractivity contribution in [1.29, 1.82) is 0 Å². The van der Waals surface area contributed by atoms with Gasteiger partial charge in [-0.3, -0.25) is 4.79 Å². The lowest BCUT2D eigenvalue weighted by Gasteiger charge is -2.33. The molecule has 0 amide bonds. The lowest BCUT2D eigenvalue weighted by Crippen LogP contribution is -2.35. The van der Waals surface area contributed by atoms with Crippen molar-refractivity contribution in [2.24, 2.45) is 0 Å². The van der Waals surface area contributed by atoms with Gasteiger partial charge in [0.1, 0.15) is 5.75 Å². The fraction of sp³-hybridized carbons (Fsp3) is 0.562. The zero-order valence-corrected chi connectivity index (χ0v) is 12.4. The van der Waals surface area contributed by atoms with E-state index in [-0.39, 0.29) is 12.4 Å². The molecule has 1 heterocycles. The van der Waals surface area contributed by atoms with E-state index in [1.54, 1.807) is 0 Å². The molecule has 0 bridgehead atoms. The van der Waals surface area contributed by atoms with Gasteiger partial charge in [0.25, 0.3) is 0 Å². The molecule has 2 rings (SSSR count). The largest absolute Gasteiger partial charge is 0.465 e. The quantitative estimate of drug-likeness (QED) is 0.613. The fourth-order valence-corrected chi connectivity index (χ4v) is 2.11. The average molecular weight is 278 g/mol. The summed E-state index contributed by atoms with van der Waals surface area (Å²) >= 11 is 0. The minimum absolute atomic E-state index is 0.198. The molecule has 1 aromatic carbocycles. The van der Waals surface area contributed by atoms with Gasteiger partial charge in [-0.2, -0.15) is 0 Å². The first-order valence-corrected chi connectivity index (χ1v) is 7.11. The van der Waals surface area contributed by atoms with E-state index in [4.69, 9.17) is 14.2 Å². The van der Waals surface area contributed by atoms with Crippen molar-refractivity contribution in [3.63, 3.8) is 0 Å². The molecule has 0 atom stereocenters. The molecular weight excluding hydrogens is 256 g/mol. The van der Waals surface area contributed by atoms with Gasteiger partial charge in [-0.1, -0.05) is 25.5 Å². The topological polar surface area (TPSA) is 44.8 Å². The number of esters is 1. The fourth-order valence-electron chi connectivity index (χ4n) is 2.11. The second-order valence-electron chi connectivity index (χ2n) is 5.44. The van der Waals surface area contributed by atoms with Crippen LogP contribution in [0.3, 0.4) is 0 Å². The predicted molar refractivity (Wildman–Crippen MR) is 75.5 cm³/mol. The summed E-state index contributed by atoms with van der Waals surface area (Å²) in [5, 5.41) is 0. The number of carbonyl (C=O) groups is 1. The molecule has 0 saturated heterocycles. The van der Waals surface area contributed by atoms with Gasteiger partial charge in [0.2, 0.25) is 5.79 Å². The number of unbranched alkanes of at least 4 members (excludes halogenated alkanes) is 1. The number of rotatable bonds is 5. The summed E-state index contributed by atoms with van der Waals surface area (Å²) in [7, 11) is 0. The molecule has 0 saturated carbocycles. The molecule has 0 fully saturated rings. The summed E-state index contributed by atoms with van der Waals surface area (Å²) in [6, 6.07) is 5.73. The molecule has 0 radical (unpaired) electrons. The molecule has 4 nitrogen and oxygen atoms in total. The molecule has 1 aromatic rings. The van der Waals surface area contributed by atoms with Crippen LogP contribution in [0.15, 0.2) is 18.2 Å². The summed E-state index contributed by atoms with van der Waals surface area (Å²) in [6.45, 7) is 6.77. The summed E-state index contributed by atoms with van der Waals surface area (Å²) in [6.07, 6.45) is 2.18. The minimum atomic E-state index is -0.618. The minimum Gasteiger partial charge on any atom is -0.465 e. The van der Waals surface area contributed by atoms with Gasteiger partial charge < -0.3 is 14.2 Å². The van der Waals surface area contributed by atoms with E-state index in [2.05, 4.69) is 6.92 Å². The normalized spacial score (nSPS) is 16.1. The van der Waals surface area contributed by atoms with E-state index in [1.165, 1.54) is 0 Å². The molecule has 4 heteroatoms. The summed E-state index contributed by atoms with van der Waals surface area (Å²) in [5.74, 6) is -0.0235. The summed E-state index contributed by atoms with van der Waals surface area (Å²) in [5.41, 5.74) is 1.86. The Morgan fingerprint density at radius 1 is 1.40 bits per heavy atom. The summed E-state index contributed by atoms with van der Waals surface area (Å²) in [4.78, 5) is 11.8. The van der Waals surface area contributed by atoms with Gasteiger partial charge in [0.05, 0.1) is 19.6 Å². The molecule has 110 valence electrons. The second-order valence-corrected chi connectivity index (χ2v) is 5.44. The Hall–Kier alpha value is -1.55. The highest BCUT2D eigenvalue weighted by atomic mass is 16.7. The Morgan fingerprint density at radius 2 is 2.20 bits per heavy atom. The third-order valence-electron chi connectivity index (χ3n) is 3.25. The van der Waals surface area contributed by atoms with Crippen molar-refractivity contribution in [2.45, 2.75) is 52.4 Å². The van der Waals surface area contributed by atoms with Crippen LogP contribution in [0.1, 0.15) is 44.7 Å². The molecule has 1 aliphatic rings. The van der Waals surface area contributed by atoms with E-state index in [9.17, 15) is 4.79 Å². The SMILES string of the molecule is CCCCOC(=O)Cc1cccc2c1COC(C)(C)O2. The van der Waals surface area contributed by atoms with Crippen LogP contribution >= 0.6 is 0 Å². The van der Waals surface area contributed by atoms with Gasteiger partial charge in [-0.25, -0.2) is 0 Å². The number of ether oxygens (including phenoxy) is 3. The maximum Gasteiger partial charge on any atom is 0.310 e. The molecule has 0 unspecified atom stereocenters. The third kappa shape index (κ3) is 3.73. The van der Waals surface area contributed by atoms with Crippen LogP contribution in [0.4, 0.5) is 0 Å². The highest BCUT2D eigenvalue weighted by molar-refractivity contribution is 5.73. The Balaban J connectivity index is 2.05. The van der Waals surface area contributed by atoms with Crippen LogP contribution in [-0.4, -0.2) is 18.4 Å². The lowest BCUT2D eigenvalue weighted by atomic mass is 10.0. The monoisotopic (exact) mass is 278 g/mol. The smallest absolute Gasteiger partial charge is 0.310 e. The molecule has 0 aliphatic carbocycles. The van der Waals surface area contributed by atoms with Crippen molar-refractivity contribution in [2.75, 3.05) is 6.61 Å². The van der Waals surface area contributed by atoms with Crippen LogP contribution in [0.5, 0.6) is 5.75 Å². The molecule has 0 aromatic heterocycles. The van der Waals surface area contributed by atoms with Crippen LogP contribution in [-0.2, 0) is 27.3 Å². The molecular formula is C16H22O4. The molecule has 0 N–H and O–H groups in total. The van der Waals surface area contributed by atoms with Crippen molar-refractivity contribution in [1.82, 2.24) is 0 Å². The first kappa shape index (κ1) is 14.9. The number of carbonyl (C=O) groups excluding carboxylic acids is 1. The van der Waals surface area contributed by atoms with Crippen LogP contribution in [0.25, 0.3) is 0 Å². The Morgan fingerprint density at radius 3 is 2.95 bits per heavy atom. The molecule has 1 aliphatic heterocycles. The molecule has 20 heavy (non-hydrogen) atoms. The Kier molecular flexibility index (Phi) is 4.65. The van der Waals surface area contributed by atoms with Crippen molar-refractivity contribution < 1.29 is 19.0 Å². The average Bonchev–Trinajstić information content (AvgIpc) is 2.38. The van der Waals surface area contributed by atoms with E-state index < -0.39 is 5.79 Å². The highest BCUT2D eigenvalue weighted by Gasteiger charge is 2.28. The second kappa shape index (κ2) is 6.27. The van der Waals surface area contributed by atoms with E-state index >= 15 is 0 Å². The van der Waals surface area contributed by atoms with E-state index in [0.29, 0.717) is 13.2 Å². The van der Waals surface area contributed by atoms with Crippen molar-refractivity contribution in [3.8, 4) is 5.75 Å². The zero-order valence-electron chi connectivity index (χ0n) is 12.4. The summed E-state index contributed by atoms with van der Waals surface area (Å²) < 4.78 is 16.6. The molecule has 0 spiro atoms. The van der Waals surface area contributed by atoms with Crippen molar-refractivity contribution in [3.05, 3.63) is 29.3 Å². The van der Waals surface area contributed by atoms with Gasteiger partial charge in [0.15, 0.2) is 0 Å². The Labute approximate surface area is 120 Å². The predicted octanol–water partition coefficient (Wildman–Crippen LogP) is 3.22. The van der Waals surface area contributed by atoms with Crippen LogP contribution in [0.2, 0.25) is 0 Å². The maximum atomic E-state index is 11.8. The maximum absolute atomic E-state index is 11.8. The van der Waals surface area contributed by atoms with Gasteiger partial charge in [0, 0.05) is 19.4 Å². The van der Waals surface area contributed by atoms with Gasteiger partial charge in [-0.15, -0.1) is 0 Å². The van der Waals surface area contributed by atoms with Crippen LogP contribution in [0, 0.1) is 0 Å². The number of benzene rings is 1. The van der Waals surface area contributed by atoms with Gasteiger partial charge in [-0.05, 0) is 18.1 Å². The lowest BCUT2D eigenvalue weighted by molar-refractivity contribution is -0.180. The standard InChI is InChI=1S/C16H22O4/c1-4-5-9-18-15(17)10-12-7-6-8-14-13(12)11-19-16(2,3)20-14/h6-8H,4-5,9-11H2,1-3H3. The number of hydrogen-bond acceptors (Lipinski definition) is 4. The van der Waals surface area contributed by atoms with Crippen LogP contribution < -0.4 is 4.74 Å². The highest BCUT2D eigenvalue weighted by Crippen LogP contribution is 2.33. The number of fused-ring (bicyclic) bond motifs is 1. The number of hydrogen-bond donors (Lipinski definition) is 0. The Bertz CT molecular complexity index is 479. The van der Waals surface area contributed by atoms with Gasteiger partial charge >= 0.3 is 5.97 Å². The zero-order chi connectivity index (χ0) is 14.6. The first-order valence-electron chi connectivity index (χ1n) is 7.11. The third-order valence-corrected chi connectivity index (χ3v) is 3.25. The van der Waals surface area contributed by atoms with E-state index in [1.807, 2.05) is 32.0 Å². The van der Waals surface area contributed by atoms with Crippen molar-refractivity contribution >= 4 is 5.97 Å². The first-order chi connectivity index (χ1) is 9.52. The van der Waals surface area contributed by atoms with E-state index in [0.717, 1.165) is 29.7 Å².